The number of unbranched alkanes of at least 4 members (excludes halogenated alkanes) is 1. The quantitative estimate of drug-likeness (QED) is 0.546. The predicted octanol–water partition coefficient (Wildman–Crippen LogP) is 3.54. The first kappa shape index (κ1) is 13.4. The van der Waals surface area contributed by atoms with Gasteiger partial charge in [0, 0.05) is 6.08 Å². The van der Waals surface area contributed by atoms with Crippen LogP contribution in [0, 0.1) is 0 Å². The first-order valence-electron chi connectivity index (χ1n) is 6.03. The minimum Gasteiger partial charge on any atom is -0.508 e. The highest BCUT2D eigenvalue weighted by atomic mass is 16.5. The number of hydrogen-bond donors (Lipinski definition) is 2. The first-order valence-corrected chi connectivity index (χ1v) is 6.03. The van der Waals surface area contributed by atoms with E-state index in [1.54, 1.807) is 6.08 Å². The van der Waals surface area contributed by atoms with Gasteiger partial charge < -0.3 is 15.2 Å². The number of rotatable bonds is 6. The molecule has 0 saturated heterocycles. The highest BCUT2D eigenvalue weighted by Crippen LogP contribution is 2.15. The first-order chi connectivity index (χ1) is 8.24. The molecular weight excluding hydrogens is 214 g/mol. The normalized spacial score (nSPS) is 16.0. The van der Waals surface area contributed by atoms with E-state index in [0.717, 1.165) is 24.8 Å². The van der Waals surface area contributed by atoms with E-state index < -0.39 is 0 Å². The average molecular weight is 235 g/mol. The van der Waals surface area contributed by atoms with Crippen molar-refractivity contribution in [3.63, 3.8) is 0 Å². The van der Waals surface area contributed by atoms with Gasteiger partial charge in [-0.2, -0.15) is 0 Å². The monoisotopic (exact) mass is 235 g/mol. The molecule has 0 saturated carbocycles. The van der Waals surface area contributed by atoms with Crippen LogP contribution < -0.4 is 5.32 Å². The Morgan fingerprint density at radius 3 is 3.06 bits per heavy atom. The molecular formula is C14H21NO2. The molecule has 0 radical (unpaired) electrons. The molecule has 0 fully saturated rings. The van der Waals surface area contributed by atoms with Gasteiger partial charge in [0.2, 0.25) is 0 Å². The molecule has 0 unspecified atom stereocenters. The third-order valence-electron chi connectivity index (χ3n) is 2.44. The van der Waals surface area contributed by atoms with Crippen LogP contribution in [0.25, 0.3) is 0 Å². The Bertz CT molecular complexity index is 351. The Kier molecular flexibility index (Phi) is 6.00. The fourth-order valence-electron chi connectivity index (χ4n) is 1.37. The van der Waals surface area contributed by atoms with Crippen molar-refractivity contribution in [3.8, 4) is 0 Å². The number of aliphatic hydroxyl groups is 1. The second-order valence-corrected chi connectivity index (χ2v) is 3.94. The van der Waals surface area contributed by atoms with Crippen molar-refractivity contribution in [1.82, 2.24) is 5.32 Å². The van der Waals surface area contributed by atoms with Gasteiger partial charge in [-0.1, -0.05) is 25.5 Å². The molecule has 0 aromatic rings. The zero-order chi connectivity index (χ0) is 12.5. The zero-order valence-corrected chi connectivity index (χ0v) is 10.6. The molecule has 0 aromatic carbocycles. The molecule has 2 N–H and O–H groups in total. The van der Waals surface area contributed by atoms with Crippen molar-refractivity contribution in [2.45, 2.75) is 33.1 Å². The number of aliphatic hydroxyl groups excluding tert-OH is 1. The maximum Gasteiger partial charge on any atom is 0.158 e. The third-order valence-corrected chi connectivity index (χ3v) is 2.44. The number of allylic oxidation sites excluding steroid dienone is 5. The maximum absolute atomic E-state index is 9.64. The second-order valence-electron chi connectivity index (χ2n) is 3.94. The molecule has 0 bridgehead atoms. The van der Waals surface area contributed by atoms with Crippen LogP contribution in [0.4, 0.5) is 0 Å². The standard InChI is InChI=1S/C14H21NO2/c1-3-4-5-9-15-11-17-13-8-6-7-12(2)14(16)10-13/h5,7-10,15-16H,3-4,6,11H2,1-2H3/b9-5-. The second kappa shape index (κ2) is 7.60. The SMILES string of the molecule is CCC/C=C\NCOC1=CCC=C(C)C(O)=C1. The summed E-state index contributed by atoms with van der Waals surface area (Å²) in [6, 6.07) is 0. The third kappa shape index (κ3) is 5.29. The van der Waals surface area contributed by atoms with E-state index in [9.17, 15) is 5.11 Å². The summed E-state index contributed by atoms with van der Waals surface area (Å²) in [5.74, 6) is 0.974. The van der Waals surface area contributed by atoms with Gasteiger partial charge in [-0.3, -0.25) is 0 Å². The van der Waals surface area contributed by atoms with Gasteiger partial charge in [0.05, 0.1) is 0 Å². The Hall–Kier alpha value is -1.64. The van der Waals surface area contributed by atoms with E-state index in [-0.39, 0.29) is 5.76 Å². The summed E-state index contributed by atoms with van der Waals surface area (Å²) in [5.41, 5.74) is 0.885. The van der Waals surface area contributed by atoms with E-state index in [2.05, 4.69) is 18.3 Å². The van der Waals surface area contributed by atoms with Gasteiger partial charge in [0.25, 0.3) is 0 Å². The van der Waals surface area contributed by atoms with Crippen LogP contribution in [0.1, 0.15) is 33.1 Å². The van der Waals surface area contributed by atoms with Crippen molar-refractivity contribution in [3.05, 3.63) is 47.6 Å². The smallest absolute Gasteiger partial charge is 0.158 e. The number of hydrogen-bond acceptors (Lipinski definition) is 3. The molecule has 0 atom stereocenters. The van der Waals surface area contributed by atoms with Crippen LogP contribution in [0.2, 0.25) is 0 Å². The Labute approximate surface area is 103 Å². The summed E-state index contributed by atoms with van der Waals surface area (Å²) in [6.45, 7) is 4.43. The summed E-state index contributed by atoms with van der Waals surface area (Å²) in [7, 11) is 0. The van der Waals surface area contributed by atoms with Crippen LogP contribution in [0.3, 0.4) is 0 Å². The van der Waals surface area contributed by atoms with Crippen LogP contribution in [-0.4, -0.2) is 11.8 Å². The predicted molar refractivity (Wildman–Crippen MR) is 70.3 cm³/mol. The molecule has 1 aliphatic rings. The molecule has 94 valence electrons. The fourth-order valence-corrected chi connectivity index (χ4v) is 1.37. The Morgan fingerprint density at radius 2 is 2.29 bits per heavy atom. The van der Waals surface area contributed by atoms with Crippen LogP contribution in [0.15, 0.2) is 47.6 Å². The average Bonchev–Trinajstić information content (AvgIpc) is 2.47. The summed E-state index contributed by atoms with van der Waals surface area (Å²) >= 11 is 0. The van der Waals surface area contributed by atoms with Crippen molar-refractivity contribution in [2.24, 2.45) is 0 Å². The fraction of sp³-hybridized carbons (Fsp3) is 0.429. The molecule has 17 heavy (non-hydrogen) atoms. The molecule has 0 amide bonds. The zero-order valence-electron chi connectivity index (χ0n) is 10.6. The summed E-state index contributed by atoms with van der Waals surface area (Å²) in [5, 5.41) is 12.7. The largest absolute Gasteiger partial charge is 0.508 e. The van der Waals surface area contributed by atoms with E-state index in [1.165, 1.54) is 0 Å². The van der Waals surface area contributed by atoms with Gasteiger partial charge in [-0.25, -0.2) is 0 Å². The molecule has 0 spiro atoms. The summed E-state index contributed by atoms with van der Waals surface area (Å²) in [6.07, 6.45) is 12.5. The number of ether oxygens (including phenoxy) is 1. The molecule has 0 heterocycles. The van der Waals surface area contributed by atoms with Crippen molar-refractivity contribution < 1.29 is 9.84 Å². The highest BCUT2D eigenvalue weighted by Gasteiger charge is 2.03. The van der Waals surface area contributed by atoms with Crippen molar-refractivity contribution in [2.75, 3.05) is 6.73 Å². The van der Waals surface area contributed by atoms with E-state index in [0.29, 0.717) is 12.5 Å². The topological polar surface area (TPSA) is 41.5 Å². The van der Waals surface area contributed by atoms with Crippen LogP contribution >= 0.6 is 0 Å². The minimum absolute atomic E-state index is 0.273. The van der Waals surface area contributed by atoms with Crippen LogP contribution in [-0.2, 0) is 4.74 Å². The van der Waals surface area contributed by atoms with E-state index in [4.69, 9.17) is 4.74 Å². The maximum atomic E-state index is 9.64. The lowest BCUT2D eigenvalue weighted by Crippen LogP contribution is -2.10. The lowest BCUT2D eigenvalue weighted by Gasteiger charge is -2.06. The van der Waals surface area contributed by atoms with Gasteiger partial charge in [-0.15, -0.1) is 0 Å². The minimum atomic E-state index is 0.273. The van der Waals surface area contributed by atoms with Crippen LogP contribution in [0.5, 0.6) is 0 Å². The lowest BCUT2D eigenvalue weighted by atomic mass is 10.2. The van der Waals surface area contributed by atoms with E-state index in [1.807, 2.05) is 25.3 Å². The molecule has 1 rings (SSSR count). The lowest BCUT2D eigenvalue weighted by molar-refractivity contribution is 0.210. The Balaban J connectivity index is 2.31. The highest BCUT2D eigenvalue weighted by molar-refractivity contribution is 5.32. The summed E-state index contributed by atoms with van der Waals surface area (Å²) < 4.78 is 5.49. The molecule has 1 aliphatic carbocycles. The van der Waals surface area contributed by atoms with Gasteiger partial charge in [-0.05, 0) is 37.6 Å². The molecule has 0 aromatic heterocycles. The van der Waals surface area contributed by atoms with Gasteiger partial charge in [0.15, 0.2) is 6.73 Å². The molecule has 3 nitrogen and oxygen atoms in total. The van der Waals surface area contributed by atoms with Gasteiger partial charge in [0.1, 0.15) is 11.5 Å². The summed E-state index contributed by atoms with van der Waals surface area (Å²) in [4.78, 5) is 0. The van der Waals surface area contributed by atoms with Crippen molar-refractivity contribution >= 4 is 0 Å². The number of nitrogens with one attached hydrogen (secondary N) is 1. The molecule has 3 heteroatoms. The van der Waals surface area contributed by atoms with Gasteiger partial charge >= 0.3 is 0 Å². The van der Waals surface area contributed by atoms with Crippen molar-refractivity contribution in [1.29, 1.82) is 0 Å². The molecule has 0 aliphatic heterocycles. The van der Waals surface area contributed by atoms with E-state index >= 15 is 0 Å². The Morgan fingerprint density at radius 1 is 1.47 bits per heavy atom.